The molecule has 2 aromatic rings. The highest BCUT2D eigenvalue weighted by Gasteiger charge is 2.35. The second-order valence-electron chi connectivity index (χ2n) is 7.27. The van der Waals surface area contributed by atoms with Crippen molar-refractivity contribution >= 4 is 23.4 Å². The van der Waals surface area contributed by atoms with E-state index in [0.717, 1.165) is 23.1 Å². The molecule has 0 amide bonds. The van der Waals surface area contributed by atoms with E-state index in [2.05, 4.69) is 29.4 Å². The predicted octanol–water partition coefficient (Wildman–Crippen LogP) is 3.24. The molecule has 0 radical (unpaired) electrons. The number of benzene rings is 1. The molecule has 130 valence electrons. The zero-order chi connectivity index (χ0) is 16.0. The Bertz CT molecular complexity index is 777. The van der Waals surface area contributed by atoms with E-state index in [1.807, 2.05) is 13.0 Å². The number of rotatable bonds is 3. The number of nitrogens with zero attached hydrogens (tertiary/aromatic N) is 1. The van der Waals surface area contributed by atoms with Gasteiger partial charge in [0, 0.05) is 36.1 Å². The Balaban J connectivity index is 0.00000169. The summed E-state index contributed by atoms with van der Waals surface area (Å²) in [7, 11) is 2.18. The molecule has 1 N–H and O–H groups in total. The Hall–Kier alpha value is -1.36. The lowest BCUT2D eigenvalue weighted by molar-refractivity contribution is 0.166. The van der Waals surface area contributed by atoms with Crippen LogP contribution in [0.3, 0.4) is 0 Å². The van der Waals surface area contributed by atoms with Crippen LogP contribution in [-0.2, 0) is 6.54 Å². The van der Waals surface area contributed by atoms with E-state index in [1.165, 1.54) is 25.7 Å². The first kappa shape index (κ1) is 17.5. The van der Waals surface area contributed by atoms with Gasteiger partial charge in [-0.2, -0.15) is 0 Å². The molecule has 0 spiro atoms. The van der Waals surface area contributed by atoms with Gasteiger partial charge in [0.15, 0.2) is 0 Å². The number of aryl methyl sites for hydroxylation is 1. The average Bonchev–Trinajstić information content (AvgIpc) is 2.84. The van der Waals surface area contributed by atoms with Gasteiger partial charge in [-0.25, -0.2) is 4.79 Å². The highest BCUT2D eigenvalue weighted by Crippen LogP contribution is 2.30. The van der Waals surface area contributed by atoms with Crippen LogP contribution in [0.2, 0.25) is 0 Å². The normalized spacial score (nSPS) is 25.9. The van der Waals surface area contributed by atoms with E-state index in [1.54, 1.807) is 6.07 Å². The van der Waals surface area contributed by atoms with E-state index in [9.17, 15) is 4.79 Å². The summed E-state index contributed by atoms with van der Waals surface area (Å²) in [4.78, 5) is 14.3. The summed E-state index contributed by atoms with van der Waals surface area (Å²) in [5, 5.41) is 4.75. The van der Waals surface area contributed by atoms with Crippen LogP contribution in [0.4, 0.5) is 0 Å². The van der Waals surface area contributed by atoms with E-state index in [-0.39, 0.29) is 18.0 Å². The van der Waals surface area contributed by atoms with Gasteiger partial charge in [0.25, 0.3) is 0 Å². The van der Waals surface area contributed by atoms with Crippen molar-refractivity contribution in [2.24, 2.45) is 0 Å². The number of nitrogens with one attached hydrogen (secondary N) is 1. The summed E-state index contributed by atoms with van der Waals surface area (Å²) in [6.07, 6.45) is 5.05. The van der Waals surface area contributed by atoms with Crippen molar-refractivity contribution in [2.45, 2.75) is 57.3 Å². The topological polar surface area (TPSA) is 45.5 Å². The third-order valence-corrected chi connectivity index (χ3v) is 5.48. The van der Waals surface area contributed by atoms with Gasteiger partial charge >= 0.3 is 5.63 Å². The maximum Gasteiger partial charge on any atom is 0.336 e. The van der Waals surface area contributed by atoms with Crippen LogP contribution in [0.1, 0.15) is 36.8 Å². The van der Waals surface area contributed by atoms with Crippen LogP contribution in [0.25, 0.3) is 11.0 Å². The molecule has 2 aliphatic rings. The highest BCUT2D eigenvalue weighted by molar-refractivity contribution is 5.85. The van der Waals surface area contributed by atoms with Gasteiger partial charge in [-0.05, 0) is 56.8 Å². The van der Waals surface area contributed by atoms with Crippen LogP contribution in [-0.4, -0.2) is 30.1 Å². The smallest absolute Gasteiger partial charge is 0.336 e. The molecule has 24 heavy (non-hydrogen) atoms. The van der Waals surface area contributed by atoms with Gasteiger partial charge in [-0.3, -0.25) is 4.90 Å². The maximum absolute atomic E-state index is 11.9. The number of hydrogen-bond acceptors (Lipinski definition) is 4. The van der Waals surface area contributed by atoms with Gasteiger partial charge in [0.05, 0.1) is 0 Å². The van der Waals surface area contributed by atoms with Crippen molar-refractivity contribution in [1.82, 2.24) is 10.2 Å². The van der Waals surface area contributed by atoms with Crippen LogP contribution in [0, 0.1) is 6.92 Å². The Morgan fingerprint density at radius 3 is 2.62 bits per heavy atom. The summed E-state index contributed by atoms with van der Waals surface area (Å²) < 4.78 is 5.37. The van der Waals surface area contributed by atoms with Crippen LogP contribution >= 0.6 is 12.4 Å². The molecule has 4 nitrogen and oxygen atoms in total. The fourth-order valence-corrected chi connectivity index (χ4v) is 4.25. The van der Waals surface area contributed by atoms with Gasteiger partial charge < -0.3 is 9.73 Å². The van der Waals surface area contributed by atoms with Gasteiger partial charge in [0.1, 0.15) is 5.58 Å². The number of hydrogen-bond donors (Lipinski definition) is 1. The average molecular weight is 349 g/mol. The second-order valence-corrected chi connectivity index (χ2v) is 7.27. The quantitative estimate of drug-likeness (QED) is 0.865. The number of halogens is 1. The summed E-state index contributed by atoms with van der Waals surface area (Å²) in [5.74, 6) is 0. The first-order valence-corrected chi connectivity index (χ1v) is 8.58. The van der Waals surface area contributed by atoms with Crippen molar-refractivity contribution < 1.29 is 4.42 Å². The lowest BCUT2D eigenvalue weighted by Crippen LogP contribution is -2.46. The minimum absolute atomic E-state index is 0. The molecule has 4 rings (SSSR count). The van der Waals surface area contributed by atoms with E-state index in [0.29, 0.717) is 23.7 Å². The Morgan fingerprint density at radius 2 is 1.92 bits per heavy atom. The van der Waals surface area contributed by atoms with E-state index in [4.69, 9.17) is 4.42 Å². The molecule has 1 aromatic carbocycles. The molecule has 2 aliphatic heterocycles. The van der Waals surface area contributed by atoms with E-state index >= 15 is 0 Å². The van der Waals surface area contributed by atoms with Gasteiger partial charge in [-0.15, -0.1) is 12.4 Å². The summed E-state index contributed by atoms with van der Waals surface area (Å²) >= 11 is 0. The van der Waals surface area contributed by atoms with Crippen molar-refractivity contribution in [2.75, 3.05) is 7.05 Å². The first-order valence-electron chi connectivity index (χ1n) is 8.58. The van der Waals surface area contributed by atoms with Gasteiger partial charge in [0.2, 0.25) is 0 Å². The Kier molecular flexibility index (Phi) is 5.00. The molecular weight excluding hydrogens is 324 g/mol. The van der Waals surface area contributed by atoms with Crippen molar-refractivity contribution in [3.05, 3.63) is 45.8 Å². The molecular formula is C19H25ClN2O2. The lowest BCUT2D eigenvalue weighted by atomic mass is 9.98. The van der Waals surface area contributed by atoms with Gasteiger partial charge in [-0.1, -0.05) is 12.1 Å². The molecule has 1 aromatic heterocycles. The third-order valence-electron chi connectivity index (χ3n) is 5.48. The Morgan fingerprint density at radius 1 is 1.21 bits per heavy atom. The fourth-order valence-electron chi connectivity index (χ4n) is 4.25. The zero-order valence-corrected chi connectivity index (χ0v) is 15.1. The molecule has 0 aliphatic carbocycles. The number of fused-ring (bicyclic) bond motifs is 3. The SMILES string of the molecule is Cc1ccc2c(CN(C)C3CC4CCC(C3)N4)cc(=O)oc2c1.Cl. The third kappa shape index (κ3) is 3.37. The predicted molar refractivity (Wildman–Crippen MR) is 98.9 cm³/mol. The minimum Gasteiger partial charge on any atom is -0.423 e. The Labute approximate surface area is 148 Å². The highest BCUT2D eigenvalue weighted by atomic mass is 35.5. The van der Waals surface area contributed by atoms with Crippen molar-refractivity contribution in [3.8, 4) is 0 Å². The van der Waals surface area contributed by atoms with E-state index < -0.39 is 0 Å². The number of piperidine rings is 1. The lowest BCUT2D eigenvalue weighted by Gasteiger charge is -2.35. The molecule has 2 unspecified atom stereocenters. The van der Waals surface area contributed by atoms with Crippen LogP contribution in [0.5, 0.6) is 0 Å². The monoisotopic (exact) mass is 348 g/mol. The first-order chi connectivity index (χ1) is 11.1. The fraction of sp³-hybridized carbons (Fsp3) is 0.526. The molecule has 2 atom stereocenters. The molecule has 3 heterocycles. The maximum atomic E-state index is 11.9. The minimum atomic E-state index is -0.253. The molecule has 0 saturated carbocycles. The summed E-state index contributed by atoms with van der Waals surface area (Å²) in [6.45, 7) is 2.82. The van der Waals surface area contributed by atoms with Crippen LogP contribution < -0.4 is 10.9 Å². The summed E-state index contributed by atoms with van der Waals surface area (Å²) in [6, 6.07) is 9.72. The molecule has 2 saturated heterocycles. The summed E-state index contributed by atoms with van der Waals surface area (Å²) in [5.41, 5.74) is 2.63. The van der Waals surface area contributed by atoms with Crippen molar-refractivity contribution in [1.29, 1.82) is 0 Å². The largest absolute Gasteiger partial charge is 0.423 e. The van der Waals surface area contributed by atoms with Crippen molar-refractivity contribution in [3.63, 3.8) is 0 Å². The van der Waals surface area contributed by atoms with Crippen LogP contribution in [0.15, 0.2) is 33.5 Å². The second kappa shape index (κ2) is 6.87. The zero-order valence-electron chi connectivity index (χ0n) is 14.2. The molecule has 2 fully saturated rings. The molecule has 5 heteroatoms. The molecule has 2 bridgehead atoms. The standard InChI is InChI=1S/C19H24N2O2.ClH/c1-12-3-6-17-13(8-19(22)23-18(17)7-12)11-21(2)16-9-14-4-5-15(10-16)20-14;/h3,6-8,14-16,20H,4-5,9-11H2,1-2H3;1H.